The maximum atomic E-state index is 8.82. The van der Waals surface area contributed by atoms with E-state index in [0.29, 0.717) is 18.9 Å². The van der Waals surface area contributed by atoms with E-state index in [4.69, 9.17) is 14.6 Å². The normalized spacial score (nSPS) is 38.4. The lowest BCUT2D eigenvalue weighted by Gasteiger charge is -2.32. The summed E-state index contributed by atoms with van der Waals surface area (Å²) in [6.07, 6.45) is 3.19. The van der Waals surface area contributed by atoms with Crippen LogP contribution in [0.1, 0.15) is 19.3 Å². The Balaban J connectivity index is 1.79. The summed E-state index contributed by atoms with van der Waals surface area (Å²) in [4.78, 5) is 2.33. The first-order valence-corrected chi connectivity index (χ1v) is 5.86. The summed E-state index contributed by atoms with van der Waals surface area (Å²) < 4.78 is 11.4. The standard InChI is InChI=1S/C11H21NO3/c1-12-5-2-3-9(7-12)11-14-8-10(15-11)4-6-13/h9-11,13H,2-8H2,1H3. The Hall–Kier alpha value is -0.160. The molecule has 88 valence electrons. The van der Waals surface area contributed by atoms with Crippen molar-refractivity contribution in [2.45, 2.75) is 31.7 Å². The molecule has 2 saturated heterocycles. The topological polar surface area (TPSA) is 41.9 Å². The van der Waals surface area contributed by atoms with E-state index in [1.165, 1.54) is 19.4 Å². The molecule has 15 heavy (non-hydrogen) atoms. The van der Waals surface area contributed by atoms with E-state index in [-0.39, 0.29) is 19.0 Å². The second kappa shape index (κ2) is 5.25. The molecule has 0 spiro atoms. The van der Waals surface area contributed by atoms with Crippen LogP contribution >= 0.6 is 0 Å². The third kappa shape index (κ3) is 2.91. The van der Waals surface area contributed by atoms with Gasteiger partial charge in [-0.05, 0) is 32.9 Å². The molecule has 4 nitrogen and oxygen atoms in total. The van der Waals surface area contributed by atoms with Crippen LogP contribution in [0.15, 0.2) is 0 Å². The Labute approximate surface area is 91.2 Å². The molecule has 0 aliphatic carbocycles. The summed E-state index contributed by atoms with van der Waals surface area (Å²) >= 11 is 0. The van der Waals surface area contributed by atoms with Crippen LogP contribution in [0.5, 0.6) is 0 Å². The lowest BCUT2D eigenvalue weighted by molar-refractivity contribution is -0.111. The van der Waals surface area contributed by atoms with Crippen molar-refractivity contribution in [2.24, 2.45) is 5.92 Å². The molecule has 0 saturated carbocycles. The SMILES string of the molecule is CN1CCCC(C2OCC(CCO)O2)C1. The molecular weight excluding hydrogens is 194 g/mol. The van der Waals surface area contributed by atoms with E-state index in [1.54, 1.807) is 0 Å². The van der Waals surface area contributed by atoms with Gasteiger partial charge in [0.15, 0.2) is 6.29 Å². The van der Waals surface area contributed by atoms with Gasteiger partial charge in [-0.15, -0.1) is 0 Å². The van der Waals surface area contributed by atoms with Gasteiger partial charge in [0.2, 0.25) is 0 Å². The van der Waals surface area contributed by atoms with Crippen molar-refractivity contribution in [3.05, 3.63) is 0 Å². The van der Waals surface area contributed by atoms with Crippen molar-refractivity contribution in [2.75, 3.05) is 33.4 Å². The van der Waals surface area contributed by atoms with Gasteiger partial charge >= 0.3 is 0 Å². The van der Waals surface area contributed by atoms with Gasteiger partial charge in [-0.25, -0.2) is 0 Å². The van der Waals surface area contributed by atoms with Crippen molar-refractivity contribution in [3.63, 3.8) is 0 Å². The Bertz CT molecular complexity index is 200. The number of hydrogen-bond acceptors (Lipinski definition) is 4. The van der Waals surface area contributed by atoms with Crippen LogP contribution in [0.3, 0.4) is 0 Å². The average Bonchev–Trinajstić information content (AvgIpc) is 2.67. The highest BCUT2D eigenvalue weighted by atomic mass is 16.7. The molecule has 0 aromatic heterocycles. The van der Waals surface area contributed by atoms with Gasteiger partial charge in [0.25, 0.3) is 0 Å². The number of aliphatic hydroxyl groups is 1. The third-order valence-corrected chi connectivity index (χ3v) is 3.27. The van der Waals surface area contributed by atoms with E-state index in [9.17, 15) is 0 Å². The molecule has 2 fully saturated rings. The van der Waals surface area contributed by atoms with Gasteiger partial charge in [-0.3, -0.25) is 0 Å². The van der Waals surface area contributed by atoms with Crippen molar-refractivity contribution in [1.29, 1.82) is 0 Å². The summed E-state index contributed by atoms with van der Waals surface area (Å²) in [5, 5.41) is 8.82. The molecule has 0 amide bonds. The number of piperidine rings is 1. The first-order chi connectivity index (χ1) is 7.29. The van der Waals surface area contributed by atoms with Crippen molar-refractivity contribution >= 4 is 0 Å². The van der Waals surface area contributed by atoms with E-state index in [1.807, 2.05) is 0 Å². The van der Waals surface area contributed by atoms with Gasteiger partial charge in [0.1, 0.15) is 0 Å². The molecule has 0 aromatic carbocycles. The van der Waals surface area contributed by atoms with E-state index in [0.717, 1.165) is 6.54 Å². The average molecular weight is 215 g/mol. The van der Waals surface area contributed by atoms with Crippen molar-refractivity contribution < 1.29 is 14.6 Å². The van der Waals surface area contributed by atoms with E-state index in [2.05, 4.69) is 11.9 Å². The third-order valence-electron chi connectivity index (χ3n) is 3.27. The monoisotopic (exact) mass is 215 g/mol. The fourth-order valence-corrected chi connectivity index (χ4v) is 2.44. The van der Waals surface area contributed by atoms with E-state index >= 15 is 0 Å². The molecule has 2 rings (SSSR count). The number of hydrogen-bond donors (Lipinski definition) is 1. The fourth-order valence-electron chi connectivity index (χ4n) is 2.44. The minimum atomic E-state index is -0.0377. The molecule has 4 heteroatoms. The molecule has 2 aliphatic rings. The zero-order chi connectivity index (χ0) is 10.7. The number of ether oxygens (including phenoxy) is 2. The minimum absolute atomic E-state index is 0.0377. The highest BCUT2D eigenvalue weighted by molar-refractivity contribution is 4.77. The molecule has 3 atom stereocenters. The number of aliphatic hydroxyl groups excluding tert-OH is 1. The lowest BCUT2D eigenvalue weighted by Crippen LogP contribution is -2.38. The largest absolute Gasteiger partial charge is 0.396 e. The first kappa shape index (κ1) is 11.3. The molecule has 0 radical (unpaired) electrons. The highest BCUT2D eigenvalue weighted by Gasteiger charge is 2.34. The number of nitrogens with zero attached hydrogens (tertiary/aromatic N) is 1. The van der Waals surface area contributed by atoms with Gasteiger partial charge in [0, 0.05) is 19.1 Å². The zero-order valence-electron chi connectivity index (χ0n) is 9.39. The first-order valence-electron chi connectivity index (χ1n) is 5.86. The quantitative estimate of drug-likeness (QED) is 0.742. The maximum absolute atomic E-state index is 8.82. The molecule has 2 aliphatic heterocycles. The summed E-state index contributed by atoms with van der Waals surface area (Å²) in [5.74, 6) is 0.507. The smallest absolute Gasteiger partial charge is 0.162 e. The van der Waals surface area contributed by atoms with Crippen molar-refractivity contribution in [3.8, 4) is 0 Å². The highest BCUT2D eigenvalue weighted by Crippen LogP contribution is 2.27. The Kier molecular flexibility index (Phi) is 3.97. The Morgan fingerprint density at radius 1 is 1.47 bits per heavy atom. The second-order valence-electron chi connectivity index (χ2n) is 4.64. The van der Waals surface area contributed by atoms with Crippen LogP contribution in [0.4, 0.5) is 0 Å². The summed E-state index contributed by atoms with van der Waals surface area (Å²) in [6, 6.07) is 0. The van der Waals surface area contributed by atoms with Gasteiger partial charge < -0.3 is 19.5 Å². The predicted molar refractivity (Wildman–Crippen MR) is 56.5 cm³/mol. The molecule has 1 N–H and O–H groups in total. The predicted octanol–water partition coefficient (Wildman–Crippen LogP) is 0.452. The Morgan fingerprint density at radius 2 is 2.33 bits per heavy atom. The van der Waals surface area contributed by atoms with Crippen LogP contribution in [0.25, 0.3) is 0 Å². The van der Waals surface area contributed by atoms with E-state index < -0.39 is 0 Å². The van der Waals surface area contributed by atoms with Gasteiger partial charge in [0.05, 0.1) is 12.7 Å². The molecular formula is C11H21NO3. The molecule has 0 bridgehead atoms. The van der Waals surface area contributed by atoms with Crippen LogP contribution in [0, 0.1) is 5.92 Å². The minimum Gasteiger partial charge on any atom is -0.396 e. The Morgan fingerprint density at radius 3 is 3.07 bits per heavy atom. The fraction of sp³-hybridized carbons (Fsp3) is 1.00. The van der Waals surface area contributed by atoms with Crippen LogP contribution in [-0.2, 0) is 9.47 Å². The summed E-state index contributed by atoms with van der Waals surface area (Å²) in [5.41, 5.74) is 0. The molecule has 2 heterocycles. The zero-order valence-corrected chi connectivity index (χ0v) is 9.39. The molecule has 3 unspecified atom stereocenters. The summed E-state index contributed by atoms with van der Waals surface area (Å²) in [6.45, 7) is 3.08. The maximum Gasteiger partial charge on any atom is 0.162 e. The van der Waals surface area contributed by atoms with Crippen LogP contribution in [-0.4, -0.2) is 55.8 Å². The van der Waals surface area contributed by atoms with Crippen LogP contribution < -0.4 is 0 Å². The number of likely N-dealkylation sites (tertiary alicyclic amines) is 1. The second-order valence-corrected chi connectivity index (χ2v) is 4.64. The lowest BCUT2D eigenvalue weighted by atomic mass is 9.98. The van der Waals surface area contributed by atoms with Crippen LogP contribution in [0.2, 0.25) is 0 Å². The van der Waals surface area contributed by atoms with Crippen molar-refractivity contribution in [1.82, 2.24) is 4.90 Å². The summed E-state index contributed by atoms with van der Waals surface area (Å²) in [7, 11) is 2.15. The number of rotatable bonds is 3. The molecule has 0 aromatic rings. The van der Waals surface area contributed by atoms with Gasteiger partial charge in [-0.2, -0.15) is 0 Å². The van der Waals surface area contributed by atoms with Gasteiger partial charge in [-0.1, -0.05) is 0 Å².